The highest BCUT2D eigenvalue weighted by Crippen LogP contribution is 2.15. The molecule has 1 heterocycles. The van der Waals surface area contributed by atoms with Crippen LogP contribution >= 0.6 is 15.9 Å². The van der Waals surface area contributed by atoms with Gasteiger partial charge in [0.2, 0.25) is 0 Å². The Morgan fingerprint density at radius 3 is 2.74 bits per heavy atom. The van der Waals surface area contributed by atoms with Crippen LogP contribution in [0.2, 0.25) is 0 Å². The predicted molar refractivity (Wildman–Crippen MR) is 78.0 cm³/mol. The highest BCUT2D eigenvalue weighted by Gasteiger charge is 2.15. The molecule has 0 saturated heterocycles. The van der Waals surface area contributed by atoms with Gasteiger partial charge in [0, 0.05) is 24.5 Å². The number of amides is 1. The van der Waals surface area contributed by atoms with Crippen molar-refractivity contribution in [2.24, 2.45) is 0 Å². The first-order chi connectivity index (χ1) is 9.10. The average molecular weight is 322 g/mol. The zero-order valence-corrected chi connectivity index (χ0v) is 12.6. The van der Waals surface area contributed by atoms with Crippen molar-refractivity contribution in [3.05, 3.63) is 58.0 Å². The first kappa shape index (κ1) is 13.9. The second-order valence-electron chi connectivity index (χ2n) is 4.41. The van der Waals surface area contributed by atoms with Gasteiger partial charge in [-0.15, -0.1) is 0 Å². The molecule has 0 bridgehead atoms. The summed E-state index contributed by atoms with van der Waals surface area (Å²) in [5, 5.41) is 0. The summed E-state index contributed by atoms with van der Waals surface area (Å²) in [5.74, 6) is 1.13. The summed E-state index contributed by atoms with van der Waals surface area (Å²) in [6, 6.07) is 11.5. The molecule has 0 aliphatic rings. The maximum absolute atomic E-state index is 12.2. The van der Waals surface area contributed by atoms with Crippen molar-refractivity contribution in [1.29, 1.82) is 0 Å². The van der Waals surface area contributed by atoms with Crippen LogP contribution in [0.3, 0.4) is 0 Å². The normalized spacial score (nSPS) is 10.5. The molecular weight excluding hydrogens is 306 g/mol. The fraction of sp³-hybridized carbons (Fsp3) is 0.267. The summed E-state index contributed by atoms with van der Waals surface area (Å²) in [6.07, 6.45) is 0.794. The Morgan fingerprint density at radius 2 is 2.11 bits per heavy atom. The molecule has 1 aromatic carbocycles. The van der Waals surface area contributed by atoms with Gasteiger partial charge in [0.25, 0.3) is 5.91 Å². The van der Waals surface area contributed by atoms with E-state index in [4.69, 9.17) is 4.42 Å². The summed E-state index contributed by atoms with van der Waals surface area (Å²) in [4.78, 5) is 13.8. The third-order valence-electron chi connectivity index (χ3n) is 2.88. The molecule has 100 valence electrons. The zero-order valence-electron chi connectivity index (χ0n) is 11.0. The number of aryl methyl sites for hydroxylation is 1. The molecule has 0 unspecified atom stereocenters. The second-order valence-corrected chi connectivity index (χ2v) is 5.33. The smallest absolute Gasteiger partial charge is 0.289 e. The Morgan fingerprint density at radius 1 is 1.32 bits per heavy atom. The van der Waals surface area contributed by atoms with E-state index in [0.29, 0.717) is 12.3 Å². The Hall–Kier alpha value is -1.55. The van der Waals surface area contributed by atoms with Crippen LogP contribution in [0, 0.1) is 0 Å². The van der Waals surface area contributed by atoms with Crippen LogP contribution < -0.4 is 0 Å². The molecule has 0 N–H and O–H groups in total. The van der Waals surface area contributed by atoms with E-state index >= 15 is 0 Å². The summed E-state index contributed by atoms with van der Waals surface area (Å²) < 4.78 is 6.49. The minimum absolute atomic E-state index is 0.0975. The van der Waals surface area contributed by atoms with Crippen LogP contribution in [0.1, 0.15) is 28.8 Å². The molecule has 0 saturated carbocycles. The van der Waals surface area contributed by atoms with Crippen LogP contribution in [0.15, 0.2) is 45.3 Å². The summed E-state index contributed by atoms with van der Waals surface area (Å²) in [7, 11) is 1.78. The number of hydrogen-bond donors (Lipinski definition) is 0. The topological polar surface area (TPSA) is 33.5 Å². The maximum atomic E-state index is 12.2. The zero-order chi connectivity index (χ0) is 13.8. The van der Waals surface area contributed by atoms with E-state index < -0.39 is 0 Å². The molecule has 0 atom stereocenters. The van der Waals surface area contributed by atoms with Gasteiger partial charge >= 0.3 is 0 Å². The molecule has 4 heteroatoms. The highest BCUT2D eigenvalue weighted by atomic mass is 79.9. The largest absolute Gasteiger partial charge is 0.456 e. The number of carbonyl (C=O) groups is 1. The number of halogens is 1. The lowest BCUT2D eigenvalue weighted by atomic mass is 10.2. The van der Waals surface area contributed by atoms with E-state index in [1.54, 1.807) is 18.0 Å². The van der Waals surface area contributed by atoms with Crippen molar-refractivity contribution in [2.75, 3.05) is 7.05 Å². The standard InChI is InChI=1S/C15H16BrNO2/c1-3-13-7-8-14(19-13)15(18)17(2)10-11-5-4-6-12(16)9-11/h4-9H,3,10H2,1-2H3. The molecule has 0 spiro atoms. The second kappa shape index (κ2) is 6.06. The molecular formula is C15H16BrNO2. The number of carbonyl (C=O) groups excluding carboxylic acids is 1. The van der Waals surface area contributed by atoms with Gasteiger partial charge in [0.05, 0.1) is 0 Å². The van der Waals surface area contributed by atoms with Gasteiger partial charge in [-0.25, -0.2) is 0 Å². The molecule has 1 aromatic heterocycles. The number of hydrogen-bond acceptors (Lipinski definition) is 2. The summed E-state index contributed by atoms with van der Waals surface area (Å²) in [5.41, 5.74) is 1.08. The van der Waals surface area contributed by atoms with E-state index in [0.717, 1.165) is 22.2 Å². The Balaban J connectivity index is 2.07. The van der Waals surface area contributed by atoms with Crippen LogP contribution in [0.25, 0.3) is 0 Å². The Kier molecular flexibility index (Phi) is 4.43. The van der Waals surface area contributed by atoms with Gasteiger partial charge in [0.1, 0.15) is 5.76 Å². The van der Waals surface area contributed by atoms with E-state index in [9.17, 15) is 4.79 Å². The average Bonchev–Trinajstić information content (AvgIpc) is 2.86. The van der Waals surface area contributed by atoms with Crippen LogP contribution in [-0.4, -0.2) is 17.9 Å². The first-order valence-electron chi connectivity index (χ1n) is 6.18. The quantitative estimate of drug-likeness (QED) is 0.856. The molecule has 0 aliphatic heterocycles. The SMILES string of the molecule is CCc1ccc(C(=O)N(C)Cc2cccc(Br)c2)o1. The van der Waals surface area contributed by atoms with Gasteiger partial charge in [-0.05, 0) is 29.8 Å². The maximum Gasteiger partial charge on any atom is 0.289 e. The molecule has 0 fully saturated rings. The number of benzene rings is 1. The lowest BCUT2D eigenvalue weighted by Gasteiger charge is -2.16. The molecule has 3 nitrogen and oxygen atoms in total. The van der Waals surface area contributed by atoms with Crippen molar-refractivity contribution in [3.8, 4) is 0 Å². The van der Waals surface area contributed by atoms with Crippen LogP contribution in [-0.2, 0) is 13.0 Å². The van der Waals surface area contributed by atoms with Gasteiger partial charge in [-0.1, -0.05) is 35.0 Å². The number of rotatable bonds is 4. The van der Waals surface area contributed by atoms with Crippen molar-refractivity contribution < 1.29 is 9.21 Å². The fourth-order valence-corrected chi connectivity index (χ4v) is 2.30. The Labute approximate surface area is 121 Å². The Bertz CT molecular complexity index is 577. The fourth-order valence-electron chi connectivity index (χ4n) is 1.85. The minimum atomic E-state index is -0.0975. The van der Waals surface area contributed by atoms with Gasteiger partial charge in [-0.2, -0.15) is 0 Å². The van der Waals surface area contributed by atoms with Crippen molar-refractivity contribution in [1.82, 2.24) is 4.90 Å². The lowest BCUT2D eigenvalue weighted by molar-refractivity contribution is 0.0751. The van der Waals surface area contributed by atoms with Crippen LogP contribution in [0.5, 0.6) is 0 Å². The third-order valence-corrected chi connectivity index (χ3v) is 3.37. The van der Waals surface area contributed by atoms with Gasteiger partial charge in [-0.3, -0.25) is 4.79 Å². The van der Waals surface area contributed by atoms with Crippen molar-refractivity contribution >= 4 is 21.8 Å². The van der Waals surface area contributed by atoms with E-state index in [2.05, 4.69) is 15.9 Å². The molecule has 19 heavy (non-hydrogen) atoms. The van der Waals surface area contributed by atoms with Gasteiger partial charge < -0.3 is 9.32 Å². The predicted octanol–water partition coefficient (Wildman–Crippen LogP) is 3.88. The van der Waals surface area contributed by atoms with E-state index in [1.165, 1.54) is 0 Å². The van der Waals surface area contributed by atoms with Gasteiger partial charge in [0.15, 0.2) is 5.76 Å². The van der Waals surface area contributed by atoms with Crippen LogP contribution in [0.4, 0.5) is 0 Å². The minimum Gasteiger partial charge on any atom is -0.456 e. The first-order valence-corrected chi connectivity index (χ1v) is 6.98. The van der Waals surface area contributed by atoms with Crippen molar-refractivity contribution in [2.45, 2.75) is 19.9 Å². The number of furan rings is 1. The molecule has 0 aliphatic carbocycles. The molecule has 0 radical (unpaired) electrons. The number of nitrogens with zero attached hydrogens (tertiary/aromatic N) is 1. The van der Waals surface area contributed by atoms with E-state index in [1.807, 2.05) is 37.3 Å². The highest BCUT2D eigenvalue weighted by molar-refractivity contribution is 9.10. The molecule has 2 aromatic rings. The molecule has 2 rings (SSSR count). The lowest BCUT2D eigenvalue weighted by Crippen LogP contribution is -2.25. The summed E-state index contributed by atoms with van der Waals surface area (Å²) in [6.45, 7) is 2.55. The monoisotopic (exact) mass is 321 g/mol. The summed E-state index contributed by atoms with van der Waals surface area (Å²) >= 11 is 3.42. The molecule has 1 amide bonds. The third kappa shape index (κ3) is 3.47. The van der Waals surface area contributed by atoms with E-state index in [-0.39, 0.29) is 5.91 Å². The van der Waals surface area contributed by atoms with Crippen molar-refractivity contribution in [3.63, 3.8) is 0 Å².